The first-order valence-electron chi connectivity index (χ1n) is 3.22. The summed E-state index contributed by atoms with van der Waals surface area (Å²) in [4.78, 5) is 12.1. The molecule has 4 heteroatoms. The average molecular weight is 141 g/mol. The Balaban J connectivity index is 2.33. The molecule has 1 heterocycles. The molecule has 0 aromatic heterocycles. The molecule has 54 valence electrons. The van der Waals surface area contributed by atoms with E-state index in [1.165, 1.54) is 11.8 Å². The van der Waals surface area contributed by atoms with Gasteiger partial charge in [0.15, 0.2) is 0 Å². The van der Waals surface area contributed by atoms with Crippen LogP contribution in [0.15, 0.2) is 0 Å². The van der Waals surface area contributed by atoms with Gasteiger partial charge in [0.2, 0.25) is 5.91 Å². The fourth-order valence-electron chi connectivity index (χ4n) is 1.06. The molecule has 0 unspecified atom stereocenters. The molecule has 1 aliphatic heterocycles. The molecule has 0 aromatic carbocycles. The minimum absolute atomic E-state index is 0.0178. The third-order valence-electron chi connectivity index (χ3n) is 1.57. The Labute approximate surface area is 60.8 Å². The molecule has 1 rings (SSSR count). The topological polar surface area (TPSA) is 20.3 Å². The van der Waals surface area contributed by atoms with Crippen LogP contribution in [-0.4, -0.2) is 37.4 Å². The molecule has 2 nitrogen and oxygen atoms in total. The van der Waals surface area contributed by atoms with E-state index in [9.17, 15) is 9.18 Å². The van der Waals surface area contributed by atoms with Gasteiger partial charge >= 0.3 is 0 Å². The monoisotopic (exact) mass is 141 g/mol. The number of carbonyl (C=O) groups excluding carboxylic acids is 1. The van der Waals surface area contributed by atoms with Gasteiger partial charge in [0, 0.05) is 0 Å². The predicted octanol–water partition coefficient (Wildman–Crippen LogP) is 0.144. The fourth-order valence-corrected chi connectivity index (χ4v) is 1.06. The van der Waals surface area contributed by atoms with Crippen LogP contribution >= 0.6 is 0 Å². The maximum Gasteiger partial charge on any atom is 0.214 e. The average Bonchev–Trinajstić information content (AvgIpc) is 1.81. The van der Waals surface area contributed by atoms with Crippen molar-refractivity contribution in [2.24, 2.45) is 0 Å². The first kappa shape index (κ1) is 7.57. The molecule has 1 aliphatic rings. The van der Waals surface area contributed by atoms with Crippen LogP contribution < -0.4 is 0 Å². The first-order chi connectivity index (χ1) is 4.55. The number of rotatable bonds is 1. The molecule has 1 saturated heterocycles. The summed E-state index contributed by atoms with van der Waals surface area (Å²) in [5, 5.41) is 0. The van der Waals surface area contributed by atoms with E-state index >= 15 is 0 Å². The lowest BCUT2D eigenvalue weighted by atomic mass is 9.95. The van der Waals surface area contributed by atoms with Crippen molar-refractivity contribution in [1.29, 1.82) is 0 Å². The SMILES string of the molecule is [B]CC(=O)N1CC(C)(F)C1. The Morgan fingerprint density at radius 1 is 1.80 bits per heavy atom. The summed E-state index contributed by atoms with van der Waals surface area (Å²) in [5.41, 5.74) is -1.18. The number of alkyl halides is 1. The Bertz CT molecular complexity index is 152. The lowest BCUT2D eigenvalue weighted by Gasteiger charge is -2.42. The minimum Gasteiger partial charge on any atom is -0.337 e. The van der Waals surface area contributed by atoms with E-state index in [0.29, 0.717) is 0 Å². The molecule has 0 N–H and O–H groups in total. The molecule has 0 atom stereocenters. The van der Waals surface area contributed by atoms with E-state index in [2.05, 4.69) is 0 Å². The molecule has 0 aliphatic carbocycles. The van der Waals surface area contributed by atoms with Gasteiger partial charge in [-0.3, -0.25) is 4.79 Å². The molecule has 1 fully saturated rings. The van der Waals surface area contributed by atoms with Crippen LogP contribution in [-0.2, 0) is 4.79 Å². The molecule has 0 saturated carbocycles. The van der Waals surface area contributed by atoms with Gasteiger partial charge < -0.3 is 4.90 Å². The maximum absolute atomic E-state index is 12.7. The normalized spacial score (nSPS) is 22.0. The Kier molecular flexibility index (Phi) is 1.71. The third kappa shape index (κ3) is 1.30. The van der Waals surface area contributed by atoms with Crippen molar-refractivity contribution in [3.8, 4) is 0 Å². The lowest BCUT2D eigenvalue weighted by Crippen LogP contribution is -2.59. The van der Waals surface area contributed by atoms with Crippen LogP contribution in [0, 0.1) is 0 Å². The van der Waals surface area contributed by atoms with Crippen molar-refractivity contribution in [2.45, 2.75) is 18.9 Å². The molecule has 2 radical (unpaired) electrons. The van der Waals surface area contributed by atoms with Crippen molar-refractivity contribution in [3.05, 3.63) is 0 Å². The maximum atomic E-state index is 12.7. The van der Waals surface area contributed by atoms with Crippen molar-refractivity contribution < 1.29 is 9.18 Å². The number of hydrogen-bond donors (Lipinski definition) is 0. The van der Waals surface area contributed by atoms with Crippen molar-refractivity contribution >= 4 is 13.8 Å². The summed E-state index contributed by atoms with van der Waals surface area (Å²) in [5.74, 6) is -0.171. The standard InChI is InChI=1S/C6H9BFNO/c1-6(8)3-9(4-6)5(10)2-7/h2-4H2,1H3. The summed E-state index contributed by atoms with van der Waals surface area (Å²) >= 11 is 0. The second-order valence-electron chi connectivity index (χ2n) is 2.87. The quantitative estimate of drug-likeness (QED) is 0.475. The second-order valence-corrected chi connectivity index (χ2v) is 2.87. The van der Waals surface area contributed by atoms with Gasteiger partial charge in [0.25, 0.3) is 0 Å². The number of amides is 1. The lowest BCUT2D eigenvalue weighted by molar-refractivity contribution is -0.141. The summed E-state index contributed by atoms with van der Waals surface area (Å²) in [6.07, 6.45) is -0.0178. The second kappa shape index (κ2) is 2.25. The Morgan fingerprint density at radius 3 is 2.60 bits per heavy atom. The Morgan fingerprint density at radius 2 is 2.30 bits per heavy atom. The van der Waals surface area contributed by atoms with Crippen molar-refractivity contribution in [2.75, 3.05) is 13.1 Å². The number of hydrogen-bond acceptors (Lipinski definition) is 1. The predicted molar refractivity (Wildman–Crippen MR) is 36.7 cm³/mol. The van der Waals surface area contributed by atoms with Gasteiger partial charge in [0.1, 0.15) is 5.67 Å². The van der Waals surface area contributed by atoms with Gasteiger partial charge in [-0.15, -0.1) is 0 Å². The largest absolute Gasteiger partial charge is 0.337 e. The van der Waals surface area contributed by atoms with Crippen LogP contribution in [0.1, 0.15) is 6.92 Å². The highest BCUT2D eigenvalue weighted by molar-refractivity contribution is 6.19. The van der Waals surface area contributed by atoms with Crippen LogP contribution in [0.25, 0.3) is 0 Å². The molecular formula is C6H9BFNO. The molecule has 10 heavy (non-hydrogen) atoms. The fraction of sp³-hybridized carbons (Fsp3) is 0.833. The van der Waals surface area contributed by atoms with E-state index < -0.39 is 5.67 Å². The van der Waals surface area contributed by atoms with Gasteiger partial charge in [-0.25, -0.2) is 4.39 Å². The number of likely N-dealkylation sites (tertiary alicyclic amines) is 1. The summed E-state index contributed by atoms with van der Waals surface area (Å²) in [6.45, 7) is 1.87. The summed E-state index contributed by atoms with van der Waals surface area (Å²) < 4.78 is 12.7. The van der Waals surface area contributed by atoms with Crippen LogP contribution in [0.2, 0.25) is 6.32 Å². The highest BCUT2D eigenvalue weighted by Crippen LogP contribution is 2.24. The zero-order valence-electron chi connectivity index (χ0n) is 5.93. The molecule has 0 spiro atoms. The summed E-state index contributed by atoms with van der Waals surface area (Å²) in [6, 6.07) is 0. The molecule has 0 aromatic rings. The highest BCUT2D eigenvalue weighted by Gasteiger charge is 2.40. The van der Waals surface area contributed by atoms with Crippen molar-refractivity contribution in [3.63, 3.8) is 0 Å². The Hall–Kier alpha value is -0.535. The zero-order chi connectivity index (χ0) is 7.78. The van der Waals surface area contributed by atoms with Crippen molar-refractivity contribution in [1.82, 2.24) is 4.90 Å². The van der Waals surface area contributed by atoms with Crippen LogP contribution in [0.3, 0.4) is 0 Å². The zero-order valence-corrected chi connectivity index (χ0v) is 5.93. The van der Waals surface area contributed by atoms with Gasteiger partial charge in [-0.05, 0) is 13.2 Å². The third-order valence-corrected chi connectivity index (χ3v) is 1.57. The van der Waals surface area contributed by atoms with Gasteiger partial charge in [0.05, 0.1) is 20.9 Å². The highest BCUT2D eigenvalue weighted by atomic mass is 19.1. The van der Waals surface area contributed by atoms with E-state index in [1.54, 1.807) is 0 Å². The minimum atomic E-state index is -1.18. The smallest absolute Gasteiger partial charge is 0.214 e. The van der Waals surface area contributed by atoms with E-state index in [4.69, 9.17) is 7.85 Å². The number of nitrogens with zero attached hydrogens (tertiary/aromatic N) is 1. The van der Waals surface area contributed by atoms with Crippen LogP contribution in [0.4, 0.5) is 4.39 Å². The van der Waals surface area contributed by atoms with Gasteiger partial charge in [-0.2, -0.15) is 0 Å². The summed E-state index contributed by atoms with van der Waals surface area (Å²) in [7, 11) is 5.06. The number of carbonyl (C=O) groups is 1. The van der Waals surface area contributed by atoms with Crippen LogP contribution in [0.5, 0.6) is 0 Å². The molecule has 1 amide bonds. The first-order valence-corrected chi connectivity index (χ1v) is 3.22. The van der Waals surface area contributed by atoms with E-state index in [-0.39, 0.29) is 25.3 Å². The van der Waals surface area contributed by atoms with Gasteiger partial charge in [-0.1, -0.05) is 0 Å². The van der Waals surface area contributed by atoms with E-state index in [1.807, 2.05) is 0 Å². The number of halogens is 1. The molecule has 0 bridgehead atoms. The van der Waals surface area contributed by atoms with E-state index in [0.717, 1.165) is 0 Å². The molecular weight excluding hydrogens is 132 g/mol.